The lowest BCUT2D eigenvalue weighted by atomic mass is 9.84. The van der Waals surface area contributed by atoms with Gasteiger partial charge in [-0.2, -0.15) is 0 Å². The Morgan fingerprint density at radius 2 is 2.06 bits per heavy atom. The maximum atomic E-state index is 11.9. The number of hydrogen-bond acceptors (Lipinski definition) is 4. The van der Waals surface area contributed by atoms with Crippen LogP contribution in [0.5, 0.6) is 11.5 Å². The molecule has 2 aromatic rings. The van der Waals surface area contributed by atoms with Crippen molar-refractivity contribution >= 4 is 11.0 Å². The van der Waals surface area contributed by atoms with E-state index in [1.165, 1.54) is 12.1 Å². The molecule has 0 bridgehead atoms. The molecule has 1 aromatic heterocycles. The molecule has 0 spiro atoms. The van der Waals surface area contributed by atoms with Crippen LogP contribution in [0.2, 0.25) is 0 Å². The molecule has 0 fully saturated rings. The third-order valence-electron chi connectivity index (χ3n) is 3.62. The molecular weight excluding hydrogens is 232 g/mol. The first-order valence-corrected chi connectivity index (χ1v) is 6.07. The van der Waals surface area contributed by atoms with E-state index in [4.69, 9.17) is 4.42 Å². The molecule has 1 aliphatic carbocycles. The van der Waals surface area contributed by atoms with Gasteiger partial charge < -0.3 is 14.6 Å². The van der Waals surface area contributed by atoms with Crippen LogP contribution in [-0.4, -0.2) is 10.2 Å². The minimum absolute atomic E-state index is 0.0286. The molecule has 1 aromatic carbocycles. The van der Waals surface area contributed by atoms with Crippen molar-refractivity contribution in [3.8, 4) is 11.5 Å². The number of rotatable bonds is 0. The van der Waals surface area contributed by atoms with E-state index in [1.807, 2.05) is 0 Å². The molecule has 0 radical (unpaired) electrons. The highest BCUT2D eigenvalue weighted by molar-refractivity contribution is 5.88. The van der Waals surface area contributed by atoms with Gasteiger partial charge in [0.1, 0.15) is 17.1 Å². The first-order valence-electron chi connectivity index (χ1n) is 6.07. The largest absolute Gasteiger partial charge is 0.508 e. The van der Waals surface area contributed by atoms with Crippen LogP contribution in [0.15, 0.2) is 21.3 Å². The molecule has 4 heteroatoms. The molecule has 0 saturated carbocycles. The Kier molecular flexibility index (Phi) is 2.33. The molecule has 94 valence electrons. The summed E-state index contributed by atoms with van der Waals surface area (Å²) in [4.78, 5) is 11.9. The zero-order chi connectivity index (χ0) is 12.9. The van der Waals surface area contributed by atoms with Gasteiger partial charge in [-0.15, -0.1) is 0 Å². The van der Waals surface area contributed by atoms with Crippen LogP contribution in [0.3, 0.4) is 0 Å². The van der Waals surface area contributed by atoms with Crippen molar-refractivity contribution in [2.24, 2.45) is 5.92 Å². The third-order valence-corrected chi connectivity index (χ3v) is 3.62. The van der Waals surface area contributed by atoms with Gasteiger partial charge in [-0.25, -0.2) is 4.79 Å². The Labute approximate surface area is 103 Å². The van der Waals surface area contributed by atoms with Crippen LogP contribution in [0, 0.1) is 5.92 Å². The number of benzene rings is 1. The normalized spacial score (nSPS) is 18.8. The quantitative estimate of drug-likeness (QED) is 0.700. The summed E-state index contributed by atoms with van der Waals surface area (Å²) in [5.41, 5.74) is 1.44. The second-order valence-corrected chi connectivity index (χ2v) is 5.03. The van der Waals surface area contributed by atoms with Crippen LogP contribution in [-0.2, 0) is 12.8 Å². The Bertz CT molecular complexity index is 684. The first kappa shape index (κ1) is 11.1. The molecule has 1 atom stereocenters. The monoisotopic (exact) mass is 246 g/mol. The summed E-state index contributed by atoms with van der Waals surface area (Å²) in [6.45, 7) is 2.13. The number of fused-ring (bicyclic) bond motifs is 3. The molecule has 4 nitrogen and oxygen atoms in total. The zero-order valence-electron chi connectivity index (χ0n) is 10.1. The number of aromatic hydroxyl groups is 2. The SMILES string of the molecule is CC1CCc2c(c3c(O)cc(O)cc3oc2=O)C1. The summed E-state index contributed by atoms with van der Waals surface area (Å²) in [7, 11) is 0. The molecular formula is C14H14O4. The van der Waals surface area contributed by atoms with Crippen molar-refractivity contribution in [1.82, 2.24) is 0 Å². The maximum absolute atomic E-state index is 11.9. The van der Waals surface area contributed by atoms with Crippen molar-refractivity contribution in [1.29, 1.82) is 0 Å². The Hall–Kier alpha value is -1.97. The summed E-state index contributed by atoms with van der Waals surface area (Å²) < 4.78 is 5.18. The van der Waals surface area contributed by atoms with Gasteiger partial charge in [0.2, 0.25) is 0 Å². The Morgan fingerprint density at radius 3 is 2.83 bits per heavy atom. The van der Waals surface area contributed by atoms with E-state index in [9.17, 15) is 15.0 Å². The predicted octanol–water partition coefficient (Wildman–Crippen LogP) is 2.33. The van der Waals surface area contributed by atoms with Gasteiger partial charge in [0, 0.05) is 17.7 Å². The molecule has 2 N–H and O–H groups in total. The maximum Gasteiger partial charge on any atom is 0.339 e. The van der Waals surface area contributed by atoms with E-state index in [0.717, 1.165) is 18.4 Å². The number of hydrogen-bond donors (Lipinski definition) is 2. The Balaban J connectivity index is 2.43. The zero-order valence-corrected chi connectivity index (χ0v) is 10.1. The number of phenolic OH excluding ortho intramolecular Hbond substituents is 2. The van der Waals surface area contributed by atoms with Crippen molar-refractivity contribution in [2.45, 2.75) is 26.2 Å². The summed E-state index contributed by atoms with van der Waals surface area (Å²) in [5.74, 6) is 0.349. The minimum Gasteiger partial charge on any atom is -0.508 e. The van der Waals surface area contributed by atoms with E-state index < -0.39 is 0 Å². The number of phenols is 2. The van der Waals surface area contributed by atoms with Gasteiger partial charge in [0.05, 0.1) is 5.39 Å². The summed E-state index contributed by atoms with van der Waals surface area (Å²) in [6.07, 6.45) is 2.41. The average molecular weight is 246 g/mol. The highest BCUT2D eigenvalue weighted by atomic mass is 16.4. The van der Waals surface area contributed by atoms with Crippen molar-refractivity contribution in [3.63, 3.8) is 0 Å². The van der Waals surface area contributed by atoms with Crippen molar-refractivity contribution in [2.75, 3.05) is 0 Å². The standard InChI is InChI=1S/C14H14O4/c1-7-2-3-9-10(4-7)13-11(16)5-8(15)6-12(13)18-14(9)17/h5-7,15-16H,2-4H2,1H3. The molecule has 0 aliphatic heterocycles. The first-order chi connectivity index (χ1) is 8.56. The van der Waals surface area contributed by atoms with Crippen LogP contribution >= 0.6 is 0 Å². The topological polar surface area (TPSA) is 70.7 Å². The van der Waals surface area contributed by atoms with Gasteiger partial charge in [0.25, 0.3) is 0 Å². The lowest BCUT2D eigenvalue weighted by Crippen LogP contribution is -2.20. The van der Waals surface area contributed by atoms with Gasteiger partial charge in [0.15, 0.2) is 0 Å². The second-order valence-electron chi connectivity index (χ2n) is 5.03. The van der Waals surface area contributed by atoms with E-state index in [-0.39, 0.29) is 22.7 Å². The van der Waals surface area contributed by atoms with Crippen LogP contribution in [0.25, 0.3) is 11.0 Å². The summed E-state index contributed by atoms with van der Waals surface area (Å²) in [5, 5.41) is 20.0. The van der Waals surface area contributed by atoms with E-state index in [1.54, 1.807) is 0 Å². The third kappa shape index (κ3) is 1.56. The van der Waals surface area contributed by atoms with Crippen LogP contribution < -0.4 is 5.63 Å². The van der Waals surface area contributed by atoms with Crippen LogP contribution in [0.4, 0.5) is 0 Å². The van der Waals surface area contributed by atoms with E-state index in [2.05, 4.69) is 6.92 Å². The molecule has 1 unspecified atom stereocenters. The molecule has 3 rings (SSSR count). The van der Waals surface area contributed by atoms with Gasteiger partial charge >= 0.3 is 5.63 Å². The van der Waals surface area contributed by atoms with Crippen molar-refractivity contribution < 1.29 is 14.6 Å². The smallest absolute Gasteiger partial charge is 0.339 e. The molecule has 0 saturated heterocycles. The summed E-state index contributed by atoms with van der Waals surface area (Å²) in [6, 6.07) is 2.65. The highest BCUT2D eigenvalue weighted by Gasteiger charge is 2.23. The fourth-order valence-electron chi connectivity index (χ4n) is 2.73. The van der Waals surface area contributed by atoms with E-state index >= 15 is 0 Å². The summed E-state index contributed by atoms with van der Waals surface area (Å²) >= 11 is 0. The lowest BCUT2D eigenvalue weighted by molar-refractivity contribution is 0.444. The van der Waals surface area contributed by atoms with Gasteiger partial charge in [-0.3, -0.25) is 0 Å². The molecule has 1 aliphatic rings. The lowest BCUT2D eigenvalue weighted by Gasteiger charge is -2.21. The Morgan fingerprint density at radius 1 is 1.28 bits per heavy atom. The van der Waals surface area contributed by atoms with Gasteiger partial charge in [-0.05, 0) is 30.7 Å². The van der Waals surface area contributed by atoms with Gasteiger partial charge in [-0.1, -0.05) is 6.92 Å². The van der Waals surface area contributed by atoms with Crippen molar-refractivity contribution in [3.05, 3.63) is 33.7 Å². The molecule has 0 amide bonds. The molecule has 18 heavy (non-hydrogen) atoms. The second kappa shape index (κ2) is 3.77. The average Bonchev–Trinajstić information content (AvgIpc) is 2.27. The predicted molar refractivity (Wildman–Crippen MR) is 67.0 cm³/mol. The fraction of sp³-hybridized carbons (Fsp3) is 0.357. The fourth-order valence-corrected chi connectivity index (χ4v) is 2.73. The molecule has 1 heterocycles. The van der Waals surface area contributed by atoms with E-state index in [0.29, 0.717) is 23.3 Å². The highest BCUT2D eigenvalue weighted by Crippen LogP contribution is 2.36. The minimum atomic E-state index is -0.352. The van der Waals surface area contributed by atoms with Crippen LogP contribution in [0.1, 0.15) is 24.5 Å².